The highest BCUT2D eigenvalue weighted by Crippen LogP contribution is 2.27. The summed E-state index contributed by atoms with van der Waals surface area (Å²) < 4.78 is 11.3. The molecule has 6 heteroatoms. The van der Waals surface area contributed by atoms with Crippen LogP contribution in [0, 0.1) is 12.8 Å². The van der Waals surface area contributed by atoms with E-state index in [-0.39, 0.29) is 18.2 Å². The van der Waals surface area contributed by atoms with Crippen LogP contribution in [0.25, 0.3) is 0 Å². The van der Waals surface area contributed by atoms with Gasteiger partial charge in [0.15, 0.2) is 6.29 Å². The lowest BCUT2D eigenvalue weighted by Crippen LogP contribution is -2.44. The van der Waals surface area contributed by atoms with Gasteiger partial charge in [-0.15, -0.1) is 11.3 Å². The third-order valence-electron chi connectivity index (χ3n) is 5.58. The number of rotatable bonds is 6. The standard InChI is InChI=1S/C22H28N2O3S/c1-16-4-6-17(7-5-16)21(19-3-2-14-28-19)23-20(25)15-24-10-8-18(9-11-24)22-26-12-13-27-22/h2-7,14,18,21-22H,8-13,15H2,1H3,(H,23,25). The number of piperidine rings is 1. The highest BCUT2D eigenvalue weighted by Gasteiger charge is 2.31. The Morgan fingerprint density at radius 3 is 2.54 bits per heavy atom. The first-order valence-corrected chi connectivity index (χ1v) is 10.9. The molecular weight excluding hydrogens is 372 g/mol. The lowest BCUT2D eigenvalue weighted by Gasteiger charge is -2.33. The molecule has 0 bridgehead atoms. The average molecular weight is 401 g/mol. The molecule has 0 aliphatic carbocycles. The van der Waals surface area contributed by atoms with E-state index in [1.807, 2.05) is 6.07 Å². The monoisotopic (exact) mass is 400 g/mol. The molecule has 4 rings (SSSR count). The Balaban J connectivity index is 1.34. The van der Waals surface area contributed by atoms with Crippen LogP contribution in [0.15, 0.2) is 41.8 Å². The molecule has 1 amide bonds. The molecule has 2 aromatic rings. The van der Waals surface area contributed by atoms with E-state index in [1.165, 1.54) is 5.56 Å². The van der Waals surface area contributed by atoms with Crippen LogP contribution in [0.4, 0.5) is 0 Å². The minimum atomic E-state index is -0.0917. The van der Waals surface area contributed by atoms with Gasteiger partial charge in [0.2, 0.25) is 5.91 Å². The molecule has 2 saturated heterocycles. The third-order valence-corrected chi connectivity index (χ3v) is 6.51. The molecule has 1 aromatic carbocycles. The van der Waals surface area contributed by atoms with Crippen LogP contribution >= 0.6 is 11.3 Å². The van der Waals surface area contributed by atoms with Crippen LogP contribution in [0.5, 0.6) is 0 Å². The molecule has 2 aliphatic rings. The smallest absolute Gasteiger partial charge is 0.234 e. The SMILES string of the molecule is Cc1ccc(C(NC(=O)CN2CCC(C3OCCO3)CC2)c2cccs2)cc1. The Morgan fingerprint density at radius 2 is 1.89 bits per heavy atom. The Bertz CT molecular complexity index is 749. The predicted molar refractivity (Wildman–Crippen MR) is 110 cm³/mol. The average Bonchev–Trinajstić information content (AvgIpc) is 3.42. The van der Waals surface area contributed by atoms with Gasteiger partial charge in [0.05, 0.1) is 25.8 Å². The van der Waals surface area contributed by atoms with Gasteiger partial charge >= 0.3 is 0 Å². The molecule has 0 radical (unpaired) electrons. The van der Waals surface area contributed by atoms with Gasteiger partial charge in [-0.2, -0.15) is 0 Å². The maximum absolute atomic E-state index is 12.8. The third kappa shape index (κ3) is 4.81. The molecule has 5 nitrogen and oxygen atoms in total. The van der Waals surface area contributed by atoms with Gasteiger partial charge < -0.3 is 14.8 Å². The number of hydrogen-bond donors (Lipinski definition) is 1. The van der Waals surface area contributed by atoms with E-state index in [0.29, 0.717) is 25.7 Å². The number of carbonyl (C=O) groups excluding carboxylic acids is 1. The molecule has 0 saturated carbocycles. The van der Waals surface area contributed by atoms with Gasteiger partial charge in [0.25, 0.3) is 0 Å². The molecule has 1 aromatic heterocycles. The first-order valence-electron chi connectivity index (χ1n) is 10.0. The lowest BCUT2D eigenvalue weighted by molar-refractivity contribution is -0.124. The summed E-state index contributed by atoms with van der Waals surface area (Å²) in [5.74, 6) is 0.527. The van der Waals surface area contributed by atoms with Gasteiger partial charge in [-0.05, 0) is 49.9 Å². The summed E-state index contributed by atoms with van der Waals surface area (Å²) in [5, 5.41) is 5.31. The fourth-order valence-corrected chi connectivity index (χ4v) is 4.78. The van der Waals surface area contributed by atoms with Crippen molar-refractivity contribution in [3.8, 4) is 0 Å². The molecule has 28 heavy (non-hydrogen) atoms. The molecule has 1 N–H and O–H groups in total. The highest BCUT2D eigenvalue weighted by atomic mass is 32.1. The summed E-state index contributed by atoms with van der Waals surface area (Å²) >= 11 is 1.68. The zero-order valence-electron chi connectivity index (χ0n) is 16.3. The summed E-state index contributed by atoms with van der Waals surface area (Å²) in [6.45, 7) is 5.75. The van der Waals surface area contributed by atoms with Crippen molar-refractivity contribution in [2.75, 3.05) is 32.8 Å². The Morgan fingerprint density at radius 1 is 1.18 bits per heavy atom. The van der Waals surface area contributed by atoms with Crippen LogP contribution in [-0.2, 0) is 14.3 Å². The quantitative estimate of drug-likeness (QED) is 0.808. The van der Waals surface area contributed by atoms with Crippen LogP contribution in [0.1, 0.15) is 34.9 Å². The van der Waals surface area contributed by atoms with Gasteiger partial charge in [0.1, 0.15) is 0 Å². The Hall–Kier alpha value is -1.73. The van der Waals surface area contributed by atoms with Gasteiger partial charge in [-0.1, -0.05) is 35.9 Å². The molecule has 1 atom stereocenters. The normalized spacial score (nSPS) is 20.3. The second-order valence-electron chi connectivity index (χ2n) is 7.65. The Labute approximate surface area is 170 Å². The minimum absolute atomic E-state index is 0.0410. The maximum atomic E-state index is 12.8. The number of benzene rings is 1. The molecule has 3 heterocycles. The van der Waals surface area contributed by atoms with E-state index in [2.05, 4.69) is 52.9 Å². The summed E-state index contributed by atoms with van der Waals surface area (Å²) in [7, 11) is 0. The summed E-state index contributed by atoms with van der Waals surface area (Å²) in [6, 6.07) is 12.4. The first kappa shape index (κ1) is 19.6. The van der Waals surface area contributed by atoms with E-state index in [0.717, 1.165) is 36.4 Å². The van der Waals surface area contributed by atoms with E-state index in [9.17, 15) is 4.79 Å². The molecular formula is C22H28N2O3S. The van der Waals surface area contributed by atoms with Crippen LogP contribution in [-0.4, -0.2) is 49.9 Å². The van der Waals surface area contributed by atoms with Crippen LogP contribution < -0.4 is 5.32 Å². The van der Waals surface area contributed by atoms with Crippen molar-refractivity contribution in [3.05, 3.63) is 57.8 Å². The number of ether oxygens (including phenoxy) is 2. The first-order chi connectivity index (χ1) is 13.7. The topological polar surface area (TPSA) is 50.8 Å². The molecule has 0 spiro atoms. The van der Waals surface area contributed by atoms with Crippen molar-refractivity contribution in [2.24, 2.45) is 5.92 Å². The van der Waals surface area contributed by atoms with Crippen LogP contribution in [0.2, 0.25) is 0 Å². The predicted octanol–water partition coefficient (Wildman–Crippen LogP) is 3.35. The number of nitrogens with zero attached hydrogens (tertiary/aromatic N) is 1. The largest absolute Gasteiger partial charge is 0.350 e. The number of amides is 1. The van der Waals surface area contributed by atoms with Crippen molar-refractivity contribution in [2.45, 2.75) is 32.1 Å². The molecule has 150 valence electrons. The second kappa shape index (κ2) is 9.18. The fraction of sp³-hybridized carbons (Fsp3) is 0.500. The number of thiophene rings is 1. The number of nitrogens with one attached hydrogen (secondary N) is 1. The zero-order chi connectivity index (χ0) is 19.3. The number of aryl methyl sites for hydroxylation is 1. The fourth-order valence-electron chi connectivity index (χ4n) is 3.97. The second-order valence-corrected chi connectivity index (χ2v) is 8.63. The maximum Gasteiger partial charge on any atom is 0.234 e. The van der Waals surface area contributed by atoms with E-state index < -0.39 is 0 Å². The van der Waals surface area contributed by atoms with Crippen molar-refractivity contribution < 1.29 is 14.3 Å². The lowest BCUT2D eigenvalue weighted by atomic mass is 9.96. The molecule has 2 fully saturated rings. The van der Waals surface area contributed by atoms with Gasteiger partial charge in [-0.3, -0.25) is 9.69 Å². The van der Waals surface area contributed by atoms with Crippen molar-refractivity contribution >= 4 is 17.2 Å². The van der Waals surface area contributed by atoms with Crippen molar-refractivity contribution in [1.29, 1.82) is 0 Å². The van der Waals surface area contributed by atoms with E-state index >= 15 is 0 Å². The Kier molecular flexibility index (Phi) is 6.42. The zero-order valence-corrected chi connectivity index (χ0v) is 17.1. The summed E-state index contributed by atoms with van der Waals surface area (Å²) in [5.41, 5.74) is 2.34. The van der Waals surface area contributed by atoms with E-state index in [1.54, 1.807) is 11.3 Å². The molecule has 1 unspecified atom stereocenters. The van der Waals surface area contributed by atoms with Crippen LogP contribution in [0.3, 0.4) is 0 Å². The van der Waals surface area contributed by atoms with Crippen molar-refractivity contribution in [1.82, 2.24) is 10.2 Å². The summed E-state index contributed by atoms with van der Waals surface area (Å²) in [4.78, 5) is 16.2. The highest BCUT2D eigenvalue weighted by molar-refractivity contribution is 7.10. The number of hydrogen-bond acceptors (Lipinski definition) is 5. The number of carbonyl (C=O) groups is 1. The summed E-state index contributed by atoms with van der Waals surface area (Å²) in [6.07, 6.45) is 2.00. The minimum Gasteiger partial charge on any atom is -0.350 e. The van der Waals surface area contributed by atoms with E-state index in [4.69, 9.17) is 9.47 Å². The van der Waals surface area contributed by atoms with Gasteiger partial charge in [0, 0.05) is 10.8 Å². The number of likely N-dealkylation sites (tertiary alicyclic amines) is 1. The molecule has 2 aliphatic heterocycles. The van der Waals surface area contributed by atoms with Gasteiger partial charge in [-0.25, -0.2) is 0 Å². The van der Waals surface area contributed by atoms with Crippen molar-refractivity contribution in [3.63, 3.8) is 0 Å².